The molecule has 2 nitrogen and oxygen atoms in total. The molecule has 104 valence electrons. The molecule has 2 rings (SSSR count). The molecule has 0 aromatic rings. The van der Waals surface area contributed by atoms with Crippen LogP contribution in [-0.4, -0.2) is 45.2 Å². The van der Waals surface area contributed by atoms with E-state index >= 15 is 0 Å². The van der Waals surface area contributed by atoms with Gasteiger partial charge in [0.15, 0.2) is 0 Å². The van der Waals surface area contributed by atoms with E-state index < -0.39 is 6.93 Å². The van der Waals surface area contributed by atoms with Crippen LogP contribution in [0, 0.1) is 5.41 Å². The highest BCUT2D eigenvalue weighted by Crippen LogP contribution is 2.46. The molecule has 2 aliphatic rings. The van der Waals surface area contributed by atoms with Crippen molar-refractivity contribution in [1.82, 2.24) is 4.90 Å². The first-order chi connectivity index (χ1) is 7.76. The molecular weight excluding hydrogens is 224 g/mol. The van der Waals surface area contributed by atoms with Gasteiger partial charge in [0.2, 0.25) is 6.93 Å². The maximum absolute atomic E-state index is 9.62. The van der Waals surface area contributed by atoms with Crippen molar-refractivity contribution in [2.45, 2.75) is 39.5 Å². The Morgan fingerprint density at radius 3 is 2.06 bits per heavy atom. The monoisotopic (exact) mass is 251 g/mol. The summed E-state index contributed by atoms with van der Waals surface area (Å²) in [5.74, 6) is 0. The highest BCUT2D eigenvalue weighted by molar-refractivity contribution is 4.95. The fourth-order valence-electron chi connectivity index (χ4n) is 2.42. The minimum Gasteiger partial charge on any atom is -0.384 e. The van der Waals surface area contributed by atoms with Gasteiger partial charge < -0.3 is 9.64 Å². The van der Waals surface area contributed by atoms with E-state index in [1.807, 2.05) is 7.11 Å². The lowest BCUT2D eigenvalue weighted by Gasteiger charge is -2.30. The zero-order valence-electron chi connectivity index (χ0n) is 10.2. The van der Waals surface area contributed by atoms with Gasteiger partial charge in [-0.1, -0.05) is 13.8 Å². The third kappa shape index (κ3) is 6.32. The third-order valence-corrected chi connectivity index (χ3v) is 3.42. The summed E-state index contributed by atoms with van der Waals surface area (Å²) in [6, 6.07) is 0. The Morgan fingerprint density at radius 1 is 1.12 bits per heavy atom. The number of methoxy groups -OCH3 is 1. The lowest BCUT2D eigenvalue weighted by Crippen LogP contribution is -2.36. The molecule has 1 aliphatic carbocycles. The van der Waals surface area contributed by atoms with Gasteiger partial charge in [0.1, 0.15) is 0 Å². The van der Waals surface area contributed by atoms with Crippen molar-refractivity contribution < 1.29 is 13.5 Å². The summed E-state index contributed by atoms with van der Waals surface area (Å²) in [4.78, 5) is 2.63. The van der Waals surface area contributed by atoms with Crippen LogP contribution in [0.5, 0.6) is 0 Å². The molecule has 0 spiro atoms. The number of piperidine rings is 1. The Morgan fingerprint density at radius 2 is 1.65 bits per heavy atom. The molecule has 0 N–H and O–H groups in total. The number of rotatable bonds is 4. The van der Waals surface area contributed by atoms with Crippen LogP contribution < -0.4 is 0 Å². The summed E-state index contributed by atoms with van der Waals surface area (Å²) in [5.41, 5.74) is 0.562. The van der Waals surface area contributed by atoms with E-state index in [0.29, 0.717) is 5.41 Å². The first-order valence-corrected chi connectivity index (χ1v) is 6.09. The molecule has 2 fully saturated rings. The number of likely N-dealkylation sites (tertiary alicyclic amines) is 1. The Hall–Kier alpha value is -0.220. The fraction of sp³-hybridized carbons (Fsp3) is 1.00. The number of hydrogen-bond acceptors (Lipinski definition) is 2. The summed E-state index contributed by atoms with van der Waals surface area (Å²) < 4.78 is 24.5. The third-order valence-electron chi connectivity index (χ3n) is 3.42. The van der Waals surface area contributed by atoms with Gasteiger partial charge in [-0.15, -0.1) is 0 Å². The molecule has 0 amide bonds. The van der Waals surface area contributed by atoms with Gasteiger partial charge in [-0.25, -0.2) is 8.78 Å². The van der Waals surface area contributed by atoms with E-state index in [0.717, 1.165) is 6.61 Å². The first-order valence-electron chi connectivity index (χ1n) is 6.09. The maximum Gasteiger partial charge on any atom is 0.229 e. The van der Waals surface area contributed by atoms with Crippen LogP contribution in [0.2, 0.25) is 0 Å². The molecule has 1 saturated heterocycles. The molecule has 0 unspecified atom stereocenters. The lowest BCUT2D eigenvalue weighted by atomic mass is 10.1. The number of hydrogen-bond donors (Lipinski definition) is 0. The van der Waals surface area contributed by atoms with Crippen molar-refractivity contribution in [3.05, 3.63) is 0 Å². The van der Waals surface area contributed by atoms with E-state index in [4.69, 9.17) is 4.74 Å². The molecule has 0 atom stereocenters. The minimum atomic E-state index is -1.75. The van der Waals surface area contributed by atoms with Crippen molar-refractivity contribution in [3.63, 3.8) is 0 Å². The van der Waals surface area contributed by atoms with Crippen LogP contribution in [0.3, 0.4) is 0 Å². The topological polar surface area (TPSA) is 12.5 Å². The highest BCUT2D eigenvalue weighted by Gasteiger charge is 2.43. The van der Waals surface area contributed by atoms with Crippen LogP contribution in [0.4, 0.5) is 8.78 Å². The Labute approximate surface area is 104 Å². The normalized spacial score (nSPS) is 22.1. The van der Waals surface area contributed by atoms with Gasteiger partial charge >= 0.3 is 0 Å². The molecule has 4 heteroatoms. The van der Waals surface area contributed by atoms with Gasteiger partial charge in [0.25, 0.3) is 0 Å². The lowest BCUT2D eigenvalue weighted by molar-refractivity contribution is 0.1000. The summed E-state index contributed by atoms with van der Waals surface area (Å²) in [6.07, 6.45) is 7.02. The number of nitrogens with zero attached hydrogens (tertiary/aromatic N) is 1. The number of ether oxygens (including phenoxy) is 1. The van der Waals surface area contributed by atoms with Gasteiger partial charge in [-0.2, -0.15) is 0 Å². The van der Waals surface area contributed by atoms with Crippen molar-refractivity contribution in [2.75, 3.05) is 40.3 Å². The molecule has 0 aromatic heterocycles. The molecule has 1 heterocycles. The standard InChI is InChI=1S/C11H21NO.CH2F2.CH4/c1-13-10-11(5-6-11)9-12-7-3-2-4-8-12;2-1-3;/h2-10H2,1H3;1H2;1H4. The molecule has 0 radical (unpaired) electrons. The fourth-order valence-corrected chi connectivity index (χ4v) is 2.42. The van der Waals surface area contributed by atoms with Crippen LogP contribution in [0.1, 0.15) is 39.5 Å². The Kier molecular flexibility index (Phi) is 8.70. The number of alkyl halides is 2. The molecule has 17 heavy (non-hydrogen) atoms. The molecular formula is C13H27F2NO. The molecule has 1 aliphatic heterocycles. The Balaban J connectivity index is 0.000000583. The largest absolute Gasteiger partial charge is 0.384 e. The maximum atomic E-state index is 9.62. The second-order valence-corrected chi connectivity index (χ2v) is 4.87. The zero-order valence-corrected chi connectivity index (χ0v) is 10.2. The predicted octanol–water partition coefficient (Wildman–Crippen LogP) is 3.42. The van der Waals surface area contributed by atoms with E-state index in [2.05, 4.69) is 4.90 Å². The summed E-state index contributed by atoms with van der Waals surface area (Å²) in [6.45, 7) is 3.17. The van der Waals surface area contributed by atoms with Gasteiger partial charge in [0.05, 0.1) is 6.61 Å². The number of halogens is 2. The summed E-state index contributed by atoms with van der Waals surface area (Å²) in [7, 11) is 1.83. The van der Waals surface area contributed by atoms with Crippen molar-refractivity contribution >= 4 is 0 Å². The average Bonchev–Trinajstić information content (AvgIpc) is 3.01. The minimum absolute atomic E-state index is 0. The van der Waals surface area contributed by atoms with Crippen molar-refractivity contribution in [2.24, 2.45) is 5.41 Å². The average molecular weight is 251 g/mol. The van der Waals surface area contributed by atoms with Gasteiger partial charge in [0, 0.05) is 19.1 Å². The summed E-state index contributed by atoms with van der Waals surface area (Å²) >= 11 is 0. The SMILES string of the molecule is C.COCC1(CN2CCCCC2)CC1.FCF. The van der Waals surface area contributed by atoms with Crippen molar-refractivity contribution in [1.29, 1.82) is 0 Å². The van der Waals surface area contributed by atoms with Crippen LogP contribution in [0.25, 0.3) is 0 Å². The molecule has 1 saturated carbocycles. The van der Waals surface area contributed by atoms with Crippen LogP contribution in [-0.2, 0) is 4.74 Å². The van der Waals surface area contributed by atoms with E-state index in [-0.39, 0.29) is 7.43 Å². The van der Waals surface area contributed by atoms with Crippen molar-refractivity contribution in [3.8, 4) is 0 Å². The van der Waals surface area contributed by atoms with E-state index in [1.54, 1.807) is 0 Å². The van der Waals surface area contributed by atoms with E-state index in [1.165, 1.54) is 51.7 Å². The van der Waals surface area contributed by atoms with Crippen LogP contribution in [0.15, 0.2) is 0 Å². The second-order valence-electron chi connectivity index (χ2n) is 4.87. The molecule has 0 bridgehead atoms. The quantitative estimate of drug-likeness (QED) is 0.759. The second kappa shape index (κ2) is 8.81. The van der Waals surface area contributed by atoms with Gasteiger partial charge in [-0.3, -0.25) is 0 Å². The smallest absolute Gasteiger partial charge is 0.229 e. The Bertz CT molecular complexity index is 180. The highest BCUT2D eigenvalue weighted by atomic mass is 19.3. The van der Waals surface area contributed by atoms with E-state index in [9.17, 15) is 8.78 Å². The summed E-state index contributed by atoms with van der Waals surface area (Å²) in [5, 5.41) is 0. The first kappa shape index (κ1) is 16.8. The molecule has 0 aromatic carbocycles. The predicted molar refractivity (Wildman–Crippen MR) is 67.6 cm³/mol. The van der Waals surface area contributed by atoms with Gasteiger partial charge in [-0.05, 0) is 38.8 Å². The zero-order chi connectivity index (χ0) is 11.9. The van der Waals surface area contributed by atoms with Crippen LogP contribution >= 0.6 is 0 Å².